The number of anilines is 1. The summed E-state index contributed by atoms with van der Waals surface area (Å²) >= 11 is 0. The van der Waals surface area contributed by atoms with Crippen LogP contribution >= 0.6 is 0 Å². The van der Waals surface area contributed by atoms with Crippen molar-refractivity contribution in [2.75, 3.05) is 17.9 Å². The van der Waals surface area contributed by atoms with Gasteiger partial charge in [-0.3, -0.25) is 13.9 Å². The van der Waals surface area contributed by atoms with Gasteiger partial charge in [0.05, 0.1) is 10.6 Å². The molecule has 0 saturated carbocycles. The zero-order valence-electron chi connectivity index (χ0n) is 21.4. The summed E-state index contributed by atoms with van der Waals surface area (Å²) in [7, 11) is -2.55. The first-order chi connectivity index (χ1) is 17.0. The van der Waals surface area contributed by atoms with Gasteiger partial charge >= 0.3 is 0 Å². The topological polar surface area (TPSA) is 86.8 Å². The molecule has 1 unspecified atom stereocenters. The van der Waals surface area contributed by atoms with Gasteiger partial charge in [-0.2, -0.15) is 0 Å². The molecule has 0 aliphatic heterocycles. The molecule has 3 aromatic rings. The molecule has 190 valence electrons. The lowest BCUT2D eigenvalue weighted by molar-refractivity contribution is -0.139. The highest BCUT2D eigenvalue weighted by atomic mass is 32.2. The lowest BCUT2D eigenvalue weighted by Crippen LogP contribution is -2.50. The molecule has 36 heavy (non-hydrogen) atoms. The highest BCUT2D eigenvalue weighted by molar-refractivity contribution is 7.92. The molecule has 1 atom stereocenters. The summed E-state index contributed by atoms with van der Waals surface area (Å²) in [5.74, 6) is -0.815. The van der Waals surface area contributed by atoms with Crippen LogP contribution in [0.1, 0.15) is 29.2 Å². The van der Waals surface area contributed by atoms with Gasteiger partial charge in [0.15, 0.2) is 0 Å². The Morgan fingerprint density at radius 3 is 2.00 bits per heavy atom. The molecule has 0 aliphatic carbocycles. The van der Waals surface area contributed by atoms with Gasteiger partial charge < -0.3 is 10.2 Å². The zero-order chi connectivity index (χ0) is 26.5. The highest BCUT2D eigenvalue weighted by Gasteiger charge is 2.32. The standard InChI is InChI=1S/C28H33N3O4S/c1-20-11-13-24(14-12-20)18-30(23(4)28(33)29-5)27(32)19-31(25-16-21(2)15-22(3)17-25)36(34,35)26-9-7-6-8-10-26/h6-17,23H,18-19H2,1-5H3,(H,29,33). The summed E-state index contributed by atoms with van der Waals surface area (Å²) in [5, 5.41) is 2.59. The fraction of sp³-hybridized carbons (Fsp3) is 0.286. The van der Waals surface area contributed by atoms with Crippen molar-refractivity contribution < 1.29 is 18.0 Å². The number of amides is 2. The van der Waals surface area contributed by atoms with Gasteiger partial charge in [-0.15, -0.1) is 0 Å². The molecule has 0 heterocycles. The van der Waals surface area contributed by atoms with E-state index in [0.717, 1.165) is 26.6 Å². The van der Waals surface area contributed by atoms with E-state index in [1.165, 1.54) is 24.1 Å². The van der Waals surface area contributed by atoms with Crippen molar-refractivity contribution in [3.05, 3.63) is 95.1 Å². The Morgan fingerprint density at radius 2 is 1.44 bits per heavy atom. The Bertz CT molecular complexity index is 1300. The number of sulfonamides is 1. The van der Waals surface area contributed by atoms with E-state index in [1.807, 2.05) is 51.1 Å². The van der Waals surface area contributed by atoms with E-state index in [4.69, 9.17) is 0 Å². The summed E-state index contributed by atoms with van der Waals surface area (Å²) in [6.45, 7) is 7.08. The van der Waals surface area contributed by atoms with Crippen LogP contribution in [0, 0.1) is 20.8 Å². The van der Waals surface area contributed by atoms with Crippen molar-refractivity contribution in [3.63, 3.8) is 0 Å². The largest absolute Gasteiger partial charge is 0.357 e. The SMILES string of the molecule is CNC(=O)C(C)N(Cc1ccc(C)cc1)C(=O)CN(c1cc(C)cc(C)c1)S(=O)(=O)c1ccccc1. The minimum Gasteiger partial charge on any atom is -0.357 e. The van der Waals surface area contributed by atoms with Gasteiger partial charge in [0, 0.05) is 13.6 Å². The molecule has 2 amide bonds. The van der Waals surface area contributed by atoms with Gasteiger partial charge in [-0.1, -0.05) is 54.1 Å². The van der Waals surface area contributed by atoms with Crippen molar-refractivity contribution in [3.8, 4) is 0 Å². The van der Waals surface area contributed by atoms with E-state index in [2.05, 4.69) is 5.32 Å². The molecule has 0 saturated heterocycles. The Balaban J connectivity index is 2.05. The van der Waals surface area contributed by atoms with Gasteiger partial charge in [-0.25, -0.2) is 8.42 Å². The molecule has 3 rings (SSSR count). The highest BCUT2D eigenvalue weighted by Crippen LogP contribution is 2.26. The Kier molecular flexibility index (Phi) is 8.53. The van der Waals surface area contributed by atoms with Gasteiger partial charge in [0.2, 0.25) is 11.8 Å². The number of hydrogen-bond donors (Lipinski definition) is 1. The first kappa shape index (κ1) is 26.9. The fourth-order valence-electron chi connectivity index (χ4n) is 4.02. The van der Waals surface area contributed by atoms with Crippen LogP contribution in [-0.4, -0.2) is 44.8 Å². The third-order valence-corrected chi connectivity index (χ3v) is 7.78. The monoisotopic (exact) mass is 507 g/mol. The summed E-state index contributed by atoms with van der Waals surface area (Å²) < 4.78 is 28.6. The molecule has 0 aromatic heterocycles. The number of aryl methyl sites for hydroxylation is 3. The number of rotatable bonds is 9. The van der Waals surface area contributed by atoms with E-state index in [-0.39, 0.29) is 17.3 Å². The first-order valence-corrected chi connectivity index (χ1v) is 13.2. The van der Waals surface area contributed by atoms with E-state index < -0.39 is 28.5 Å². The number of nitrogens with zero attached hydrogens (tertiary/aromatic N) is 2. The maximum atomic E-state index is 13.7. The summed E-state index contributed by atoms with van der Waals surface area (Å²) in [6.07, 6.45) is 0. The molecule has 1 N–H and O–H groups in total. The molecule has 0 aliphatic rings. The quantitative estimate of drug-likeness (QED) is 0.475. The van der Waals surface area contributed by atoms with Crippen LogP contribution in [0.5, 0.6) is 0 Å². The van der Waals surface area contributed by atoms with E-state index in [1.54, 1.807) is 37.3 Å². The van der Waals surface area contributed by atoms with Crippen LogP contribution < -0.4 is 9.62 Å². The molecule has 8 heteroatoms. The van der Waals surface area contributed by atoms with Crippen LogP contribution in [0.3, 0.4) is 0 Å². The molecule has 0 fully saturated rings. The Labute approximate surface area is 213 Å². The second-order valence-corrected chi connectivity index (χ2v) is 10.8. The predicted molar refractivity (Wildman–Crippen MR) is 142 cm³/mol. The van der Waals surface area contributed by atoms with Gasteiger partial charge in [0.25, 0.3) is 10.0 Å². The van der Waals surface area contributed by atoms with Crippen LogP contribution in [0.4, 0.5) is 5.69 Å². The number of carbonyl (C=O) groups is 2. The second-order valence-electron chi connectivity index (χ2n) is 8.97. The van der Waals surface area contributed by atoms with Crippen LogP contribution in [-0.2, 0) is 26.2 Å². The average molecular weight is 508 g/mol. The molecule has 0 radical (unpaired) electrons. The molecule has 3 aromatic carbocycles. The lowest BCUT2D eigenvalue weighted by atomic mass is 10.1. The lowest BCUT2D eigenvalue weighted by Gasteiger charge is -2.32. The third kappa shape index (κ3) is 6.31. The maximum Gasteiger partial charge on any atom is 0.264 e. The number of hydrogen-bond acceptors (Lipinski definition) is 4. The molecule has 0 bridgehead atoms. The number of likely N-dealkylation sites (N-methyl/N-ethyl adjacent to an activating group) is 1. The second kappa shape index (κ2) is 11.4. The minimum absolute atomic E-state index is 0.0846. The van der Waals surface area contributed by atoms with Gasteiger partial charge in [0.1, 0.15) is 12.6 Å². The van der Waals surface area contributed by atoms with Crippen LogP contribution in [0.25, 0.3) is 0 Å². The van der Waals surface area contributed by atoms with Crippen LogP contribution in [0.15, 0.2) is 77.7 Å². The zero-order valence-corrected chi connectivity index (χ0v) is 22.2. The smallest absolute Gasteiger partial charge is 0.264 e. The van der Waals surface area contributed by atoms with Gasteiger partial charge in [-0.05, 0) is 68.7 Å². The summed E-state index contributed by atoms with van der Waals surface area (Å²) in [6, 6.07) is 20.3. The van der Waals surface area contributed by atoms with Crippen molar-refractivity contribution in [1.82, 2.24) is 10.2 Å². The van der Waals surface area contributed by atoms with E-state index in [0.29, 0.717) is 5.69 Å². The van der Waals surface area contributed by atoms with Crippen molar-refractivity contribution in [1.29, 1.82) is 0 Å². The van der Waals surface area contributed by atoms with E-state index >= 15 is 0 Å². The molecular formula is C28H33N3O4S. The number of nitrogens with one attached hydrogen (secondary N) is 1. The summed E-state index contributed by atoms with van der Waals surface area (Å²) in [4.78, 5) is 27.8. The maximum absolute atomic E-state index is 13.7. The normalized spacial score (nSPS) is 12.0. The molecule has 7 nitrogen and oxygen atoms in total. The summed E-state index contributed by atoms with van der Waals surface area (Å²) in [5.41, 5.74) is 4.06. The van der Waals surface area contributed by atoms with Crippen molar-refractivity contribution in [2.45, 2.75) is 45.2 Å². The number of benzene rings is 3. The predicted octanol–water partition coefficient (Wildman–Crippen LogP) is 3.97. The third-order valence-electron chi connectivity index (χ3n) is 5.99. The Hall–Kier alpha value is -3.65. The van der Waals surface area contributed by atoms with Crippen molar-refractivity contribution in [2.24, 2.45) is 0 Å². The number of carbonyl (C=O) groups excluding carboxylic acids is 2. The average Bonchev–Trinajstić information content (AvgIpc) is 2.85. The van der Waals surface area contributed by atoms with E-state index in [9.17, 15) is 18.0 Å². The molecule has 0 spiro atoms. The molecular weight excluding hydrogens is 474 g/mol. The minimum atomic E-state index is -4.06. The van der Waals surface area contributed by atoms with Crippen LogP contribution in [0.2, 0.25) is 0 Å². The fourth-order valence-corrected chi connectivity index (χ4v) is 5.44. The first-order valence-electron chi connectivity index (χ1n) is 11.8. The Morgan fingerprint density at radius 1 is 0.861 bits per heavy atom. The van der Waals surface area contributed by atoms with Crippen molar-refractivity contribution >= 4 is 27.5 Å².